The predicted octanol–water partition coefficient (Wildman–Crippen LogP) is 1.10. The maximum Gasteiger partial charge on any atom is 0.324 e. The van der Waals surface area contributed by atoms with Crippen LogP contribution in [0.15, 0.2) is 4.34 Å². The summed E-state index contributed by atoms with van der Waals surface area (Å²) in [5.41, 5.74) is 0.732. The van der Waals surface area contributed by atoms with E-state index >= 15 is 0 Å². The van der Waals surface area contributed by atoms with Crippen LogP contribution in [0.1, 0.15) is 10.6 Å². The summed E-state index contributed by atoms with van der Waals surface area (Å²) in [4.78, 5) is 4.75. The maximum absolute atomic E-state index is 11.1. The molecule has 1 heterocycles. The van der Waals surface area contributed by atoms with Crippen LogP contribution in [0.3, 0.4) is 0 Å². The zero-order valence-corrected chi connectivity index (χ0v) is 8.62. The Kier molecular flexibility index (Phi) is 2.50. The molecule has 0 amide bonds. The van der Waals surface area contributed by atoms with Crippen LogP contribution in [-0.2, 0) is 14.3 Å². The molecule has 0 atom stereocenters. The third-order valence-electron chi connectivity index (χ3n) is 1.44. The third-order valence-corrected chi connectivity index (χ3v) is 4.13. The highest BCUT2D eigenvalue weighted by molar-refractivity contribution is 7.88. The normalized spacial score (nSPS) is 11.9. The second-order valence-electron chi connectivity index (χ2n) is 2.24. The van der Waals surface area contributed by atoms with Gasteiger partial charge in [0.25, 0.3) is 0 Å². The van der Waals surface area contributed by atoms with Gasteiger partial charge in [-0.25, -0.2) is 4.98 Å². The van der Waals surface area contributed by atoms with Crippen molar-refractivity contribution >= 4 is 21.5 Å². The van der Waals surface area contributed by atoms with Crippen molar-refractivity contribution in [2.75, 3.05) is 7.11 Å². The summed E-state index contributed by atoms with van der Waals surface area (Å²) in [5, 5.41) is 0. The van der Waals surface area contributed by atoms with Gasteiger partial charge in [0.05, 0.1) is 12.8 Å². The van der Waals surface area contributed by atoms with Crippen LogP contribution in [0.25, 0.3) is 0 Å². The molecule has 0 spiro atoms. The first-order valence-electron chi connectivity index (χ1n) is 3.22. The summed E-state index contributed by atoms with van der Waals surface area (Å²) in [6.45, 7) is 3.59. The van der Waals surface area contributed by atoms with Gasteiger partial charge in [-0.3, -0.25) is 4.18 Å². The Balaban J connectivity index is 3.22. The number of rotatable bonds is 2. The molecule has 0 unspecified atom stereocenters. The van der Waals surface area contributed by atoms with Gasteiger partial charge in [-0.2, -0.15) is 8.42 Å². The average molecular weight is 207 g/mol. The number of nitrogens with zero attached hydrogens (tertiary/aromatic N) is 1. The van der Waals surface area contributed by atoms with E-state index in [9.17, 15) is 8.42 Å². The van der Waals surface area contributed by atoms with Crippen LogP contribution in [0.2, 0.25) is 0 Å². The van der Waals surface area contributed by atoms with E-state index in [1.165, 1.54) is 0 Å². The van der Waals surface area contributed by atoms with Gasteiger partial charge in [-0.1, -0.05) is 0 Å². The van der Waals surface area contributed by atoms with Gasteiger partial charge in [0.2, 0.25) is 4.34 Å². The van der Waals surface area contributed by atoms with Crippen molar-refractivity contribution in [2.45, 2.75) is 18.2 Å². The molecule has 0 bridgehead atoms. The van der Waals surface area contributed by atoms with Crippen molar-refractivity contribution in [2.24, 2.45) is 0 Å². The Bertz CT molecular complexity index is 360. The molecule has 4 nitrogen and oxygen atoms in total. The monoisotopic (exact) mass is 207 g/mol. The topological polar surface area (TPSA) is 56.3 Å². The first-order chi connectivity index (χ1) is 5.47. The van der Waals surface area contributed by atoms with Crippen molar-refractivity contribution in [3.63, 3.8) is 0 Å². The van der Waals surface area contributed by atoms with Crippen LogP contribution in [0.4, 0.5) is 0 Å². The summed E-state index contributed by atoms with van der Waals surface area (Å²) < 4.78 is 26.5. The SMILES string of the molecule is COS(=O)(=O)c1nc(C)c(C)s1. The van der Waals surface area contributed by atoms with Crippen molar-refractivity contribution < 1.29 is 12.6 Å². The molecular weight excluding hydrogens is 198 g/mol. The van der Waals surface area contributed by atoms with E-state index in [1.807, 2.05) is 6.92 Å². The van der Waals surface area contributed by atoms with E-state index in [4.69, 9.17) is 0 Å². The van der Waals surface area contributed by atoms with Gasteiger partial charge >= 0.3 is 10.1 Å². The standard InChI is InChI=1S/C6H9NO3S2/c1-4-5(2)11-6(7-4)12(8,9)10-3/h1-3H3. The largest absolute Gasteiger partial charge is 0.324 e. The van der Waals surface area contributed by atoms with Crippen LogP contribution < -0.4 is 0 Å². The molecule has 0 fully saturated rings. The van der Waals surface area contributed by atoms with Gasteiger partial charge in [-0.05, 0) is 13.8 Å². The molecular formula is C6H9NO3S2. The Morgan fingerprint density at radius 1 is 1.42 bits per heavy atom. The van der Waals surface area contributed by atoms with Gasteiger partial charge in [0, 0.05) is 4.88 Å². The molecule has 0 aliphatic carbocycles. The maximum atomic E-state index is 11.1. The molecule has 1 aromatic rings. The quantitative estimate of drug-likeness (QED) is 0.681. The summed E-state index contributed by atoms with van der Waals surface area (Å²) in [6, 6.07) is 0. The van der Waals surface area contributed by atoms with Gasteiger partial charge in [0.15, 0.2) is 0 Å². The minimum absolute atomic E-state index is 0.0278. The van der Waals surface area contributed by atoms with E-state index in [1.54, 1.807) is 6.92 Å². The molecule has 0 aliphatic rings. The lowest BCUT2D eigenvalue weighted by molar-refractivity contribution is 0.397. The van der Waals surface area contributed by atoms with Crippen molar-refractivity contribution in [3.05, 3.63) is 10.6 Å². The number of aryl methyl sites for hydroxylation is 2. The lowest BCUT2D eigenvalue weighted by Crippen LogP contribution is -2.01. The number of hydrogen-bond acceptors (Lipinski definition) is 5. The lowest BCUT2D eigenvalue weighted by atomic mass is 10.4. The smallest absolute Gasteiger partial charge is 0.268 e. The summed E-state index contributed by atoms with van der Waals surface area (Å²) in [7, 11) is -2.47. The summed E-state index contributed by atoms with van der Waals surface area (Å²) in [5.74, 6) is 0. The van der Waals surface area contributed by atoms with E-state index in [2.05, 4.69) is 9.17 Å². The van der Waals surface area contributed by atoms with E-state index in [0.717, 1.165) is 29.0 Å². The number of thiazole rings is 1. The molecule has 1 aromatic heterocycles. The fourth-order valence-corrected chi connectivity index (χ4v) is 2.64. The molecule has 0 saturated carbocycles. The molecule has 12 heavy (non-hydrogen) atoms. The highest BCUT2D eigenvalue weighted by Gasteiger charge is 2.18. The highest BCUT2D eigenvalue weighted by Crippen LogP contribution is 2.21. The molecule has 0 N–H and O–H groups in total. The Morgan fingerprint density at radius 2 is 2.00 bits per heavy atom. The molecule has 0 aromatic carbocycles. The molecule has 0 aliphatic heterocycles. The highest BCUT2D eigenvalue weighted by atomic mass is 32.3. The van der Waals surface area contributed by atoms with Crippen LogP contribution in [0.5, 0.6) is 0 Å². The molecule has 1 rings (SSSR count). The zero-order chi connectivity index (χ0) is 9.35. The minimum Gasteiger partial charge on any atom is -0.268 e. The summed E-state index contributed by atoms with van der Waals surface area (Å²) >= 11 is 1.12. The predicted molar refractivity (Wildman–Crippen MR) is 45.8 cm³/mol. The minimum atomic E-state index is -3.59. The molecule has 6 heteroatoms. The fraction of sp³-hybridized carbons (Fsp3) is 0.500. The summed E-state index contributed by atoms with van der Waals surface area (Å²) in [6.07, 6.45) is 0. The Morgan fingerprint density at radius 3 is 2.33 bits per heavy atom. The Labute approximate surface area is 75.3 Å². The van der Waals surface area contributed by atoms with Gasteiger partial charge < -0.3 is 0 Å². The van der Waals surface area contributed by atoms with Crippen LogP contribution in [0, 0.1) is 13.8 Å². The molecule has 0 radical (unpaired) electrons. The van der Waals surface area contributed by atoms with Crippen LogP contribution in [-0.4, -0.2) is 20.5 Å². The number of aromatic nitrogens is 1. The van der Waals surface area contributed by atoms with Crippen LogP contribution >= 0.6 is 11.3 Å². The second kappa shape index (κ2) is 3.12. The van der Waals surface area contributed by atoms with Gasteiger partial charge in [0.1, 0.15) is 0 Å². The third kappa shape index (κ3) is 1.65. The molecule has 0 saturated heterocycles. The number of hydrogen-bond donors (Lipinski definition) is 0. The fourth-order valence-electron chi connectivity index (χ4n) is 0.622. The van der Waals surface area contributed by atoms with E-state index < -0.39 is 10.1 Å². The lowest BCUT2D eigenvalue weighted by Gasteiger charge is -1.92. The van der Waals surface area contributed by atoms with E-state index in [-0.39, 0.29) is 4.34 Å². The first kappa shape index (κ1) is 9.63. The zero-order valence-electron chi connectivity index (χ0n) is 6.99. The van der Waals surface area contributed by atoms with E-state index in [0.29, 0.717) is 0 Å². The molecule has 68 valence electrons. The Hall–Kier alpha value is -0.460. The van der Waals surface area contributed by atoms with Crippen molar-refractivity contribution in [1.82, 2.24) is 4.98 Å². The average Bonchev–Trinajstić information content (AvgIpc) is 2.33. The second-order valence-corrected chi connectivity index (χ2v) is 5.33. The van der Waals surface area contributed by atoms with Gasteiger partial charge in [-0.15, -0.1) is 11.3 Å². The van der Waals surface area contributed by atoms with Crippen molar-refractivity contribution in [3.8, 4) is 0 Å². The van der Waals surface area contributed by atoms with Crippen molar-refractivity contribution in [1.29, 1.82) is 0 Å². The first-order valence-corrected chi connectivity index (χ1v) is 5.44.